The van der Waals surface area contributed by atoms with Gasteiger partial charge in [0.2, 0.25) is 0 Å². The standard InChI is InChI=1S/C20H22ClN3O/c1-23-13-14-11-15(5-7-17(14)20(23)25)22-16-6-8-19(18(21)12-16)24-9-3-2-4-10-24/h5-8,11-12,22H,2-4,9-10,13H2,1H3. The number of rotatable bonds is 3. The molecule has 0 atom stereocenters. The molecule has 2 aromatic rings. The van der Waals surface area contributed by atoms with Crippen molar-refractivity contribution in [2.24, 2.45) is 0 Å². The quantitative estimate of drug-likeness (QED) is 0.869. The molecule has 0 aliphatic carbocycles. The number of hydrogen-bond donors (Lipinski definition) is 1. The Morgan fingerprint density at radius 1 is 1.00 bits per heavy atom. The fourth-order valence-electron chi connectivity index (χ4n) is 3.69. The van der Waals surface area contributed by atoms with Crippen molar-refractivity contribution >= 4 is 34.6 Å². The second-order valence-corrected chi connectivity index (χ2v) is 7.28. The third-order valence-corrected chi connectivity index (χ3v) is 5.33. The van der Waals surface area contributed by atoms with E-state index in [2.05, 4.69) is 22.3 Å². The largest absolute Gasteiger partial charge is 0.370 e. The Kier molecular flexibility index (Phi) is 4.30. The molecule has 2 heterocycles. The van der Waals surface area contributed by atoms with Crippen molar-refractivity contribution in [2.75, 3.05) is 30.4 Å². The fraction of sp³-hybridized carbons (Fsp3) is 0.350. The molecule has 1 fully saturated rings. The van der Waals surface area contributed by atoms with Crippen LogP contribution in [0.25, 0.3) is 0 Å². The van der Waals surface area contributed by atoms with E-state index in [1.165, 1.54) is 19.3 Å². The van der Waals surface area contributed by atoms with Gasteiger partial charge in [0.05, 0.1) is 10.7 Å². The van der Waals surface area contributed by atoms with Crippen LogP contribution in [-0.2, 0) is 6.54 Å². The molecule has 2 aromatic carbocycles. The number of nitrogens with one attached hydrogen (secondary N) is 1. The van der Waals surface area contributed by atoms with Gasteiger partial charge in [-0.2, -0.15) is 0 Å². The molecule has 0 radical (unpaired) electrons. The maximum atomic E-state index is 12.0. The Balaban J connectivity index is 1.53. The smallest absolute Gasteiger partial charge is 0.254 e. The van der Waals surface area contributed by atoms with Crippen molar-refractivity contribution in [3.05, 3.63) is 52.5 Å². The summed E-state index contributed by atoms with van der Waals surface area (Å²) in [5.74, 6) is 0.0930. The van der Waals surface area contributed by atoms with E-state index < -0.39 is 0 Å². The molecule has 25 heavy (non-hydrogen) atoms. The highest BCUT2D eigenvalue weighted by atomic mass is 35.5. The van der Waals surface area contributed by atoms with Gasteiger partial charge in [0.25, 0.3) is 5.91 Å². The highest BCUT2D eigenvalue weighted by molar-refractivity contribution is 6.33. The highest BCUT2D eigenvalue weighted by Crippen LogP contribution is 2.32. The van der Waals surface area contributed by atoms with Gasteiger partial charge in [0.15, 0.2) is 0 Å². The number of halogens is 1. The highest BCUT2D eigenvalue weighted by Gasteiger charge is 2.24. The average Bonchev–Trinajstić information content (AvgIpc) is 2.90. The Hall–Kier alpha value is -2.20. The first kappa shape index (κ1) is 16.3. The summed E-state index contributed by atoms with van der Waals surface area (Å²) in [5.41, 5.74) is 4.92. The third-order valence-electron chi connectivity index (χ3n) is 5.02. The lowest BCUT2D eigenvalue weighted by molar-refractivity contribution is 0.0816. The van der Waals surface area contributed by atoms with Crippen molar-refractivity contribution in [3.63, 3.8) is 0 Å². The zero-order valence-corrected chi connectivity index (χ0v) is 15.1. The lowest BCUT2D eigenvalue weighted by Crippen LogP contribution is -2.29. The van der Waals surface area contributed by atoms with Crippen LogP contribution in [0, 0.1) is 0 Å². The summed E-state index contributed by atoms with van der Waals surface area (Å²) >= 11 is 6.53. The number of carbonyl (C=O) groups excluding carboxylic acids is 1. The number of benzene rings is 2. The van der Waals surface area contributed by atoms with Gasteiger partial charge < -0.3 is 15.1 Å². The topological polar surface area (TPSA) is 35.6 Å². The van der Waals surface area contributed by atoms with E-state index >= 15 is 0 Å². The number of carbonyl (C=O) groups is 1. The van der Waals surface area contributed by atoms with E-state index in [-0.39, 0.29) is 5.91 Å². The SMILES string of the molecule is CN1Cc2cc(Nc3ccc(N4CCCCC4)c(Cl)c3)ccc2C1=O. The molecule has 4 nitrogen and oxygen atoms in total. The minimum Gasteiger partial charge on any atom is -0.370 e. The molecular weight excluding hydrogens is 334 g/mol. The Morgan fingerprint density at radius 3 is 2.48 bits per heavy atom. The molecule has 0 bridgehead atoms. The van der Waals surface area contributed by atoms with Gasteiger partial charge in [-0.15, -0.1) is 0 Å². The monoisotopic (exact) mass is 355 g/mol. The molecule has 4 rings (SSSR count). The zero-order chi connectivity index (χ0) is 17.4. The van der Waals surface area contributed by atoms with Crippen LogP contribution in [0.4, 0.5) is 17.1 Å². The molecular formula is C20H22ClN3O. The predicted molar refractivity (Wildman–Crippen MR) is 103 cm³/mol. The first-order chi connectivity index (χ1) is 12.1. The van der Waals surface area contributed by atoms with Gasteiger partial charge in [-0.05, 0) is 61.2 Å². The van der Waals surface area contributed by atoms with Gasteiger partial charge in [-0.1, -0.05) is 11.6 Å². The van der Waals surface area contributed by atoms with Gasteiger partial charge in [-0.25, -0.2) is 0 Å². The number of fused-ring (bicyclic) bond motifs is 1. The molecule has 1 amide bonds. The van der Waals surface area contributed by atoms with Crippen molar-refractivity contribution in [1.82, 2.24) is 4.90 Å². The summed E-state index contributed by atoms with van der Waals surface area (Å²) < 4.78 is 0. The normalized spacial score (nSPS) is 17.0. The molecule has 130 valence electrons. The predicted octanol–water partition coefficient (Wildman–Crippen LogP) is 4.66. The van der Waals surface area contributed by atoms with E-state index in [1.54, 1.807) is 4.90 Å². The summed E-state index contributed by atoms with van der Waals surface area (Å²) in [6.07, 6.45) is 3.78. The molecule has 0 saturated carbocycles. The van der Waals surface area contributed by atoms with E-state index in [0.29, 0.717) is 6.54 Å². The van der Waals surface area contributed by atoms with E-state index in [9.17, 15) is 4.79 Å². The van der Waals surface area contributed by atoms with Crippen LogP contribution in [-0.4, -0.2) is 30.9 Å². The zero-order valence-electron chi connectivity index (χ0n) is 14.4. The lowest BCUT2D eigenvalue weighted by atomic mass is 10.1. The summed E-state index contributed by atoms with van der Waals surface area (Å²) in [5, 5.41) is 4.18. The Morgan fingerprint density at radius 2 is 1.72 bits per heavy atom. The van der Waals surface area contributed by atoms with Gasteiger partial charge in [0, 0.05) is 43.6 Å². The maximum Gasteiger partial charge on any atom is 0.254 e. The van der Waals surface area contributed by atoms with Gasteiger partial charge in [0.1, 0.15) is 0 Å². The summed E-state index contributed by atoms with van der Waals surface area (Å²) in [7, 11) is 1.83. The molecule has 5 heteroatoms. The van der Waals surface area contributed by atoms with Crippen molar-refractivity contribution in [1.29, 1.82) is 0 Å². The average molecular weight is 356 g/mol. The fourth-order valence-corrected chi connectivity index (χ4v) is 3.99. The summed E-state index contributed by atoms with van der Waals surface area (Å²) in [4.78, 5) is 16.1. The summed E-state index contributed by atoms with van der Waals surface area (Å²) in [6, 6.07) is 12.0. The van der Waals surface area contributed by atoms with Crippen LogP contribution in [0.2, 0.25) is 5.02 Å². The summed E-state index contributed by atoms with van der Waals surface area (Å²) in [6.45, 7) is 2.83. The minimum atomic E-state index is 0.0930. The molecule has 0 aromatic heterocycles. The minimum absolute atomic E-state index is 0.0930. The van der Waals surface area contributed by atoms with Gasteiger partial charge >= 0.3 is 0 Å². The van der Waals surface area contributed by atoms with Crippen molar-refractivity contribution < 1.29 is 4.79 Å². The van der Waals surface area contributed by atoms with Crippen LogP contribution >= 0.6 is 11.6 Å². The van der Waals surface area contributed by atoms with E-state index in [0.717, 1.165) is 46.3 Å². The molecule has 2 aliphatic heterocycles. The molecule has 1 saturated heterocycles. The number of nitrogens with zero attached hydrogens (tertiary/aromatic N) is 2. The lowest BCUT2D eigenvalue weighted by Gasteiger charge is -2.29. The van der Waals surface area contributed by atoms with Crippen LogP contribution in [0.5, 0.6) is 0 Å². The van der Waals surface area contributed by atoms with E-state index in [4.69, 9.17) is 11.6 Å². The number of hydrogen-bond acceptors (Lipinski definition) is 3. The Bertz CT molecular complexity index is 815. The van der Waals surface area contributed by atoms with Crippen LogP contribution in [0.1, 0.15) is 35.2 Å². The van der Waals surface area contributed by atoms with Crippen LogP contribution < -0.4 is 10.2 Å². The molecule has 2 aliphatic rings. The van der Waals surface area contributed by atoms with Crippen LogP contribution in [0.15, 0.2) is 36.4 Å². The van der Waals surface area contributed by atoms with E-state index in [1.807, 2.05) is 31.3 Å². The molecule has 0 spiro atoms. The molecule has 1 N–H and O–H groups in total. The van der Waals surface area contributed by atoms with Gasteiger partial charge in [-0.3, -0.25) is 4.79 Å². The van der Waals surface area contributed by atoms with Crippen LogP contribution in [0.3, 0.4) is 0 Å². The number of piperidine rings is 1. The third kappa shape index (κ3) is 3.19. The van der Waals surface area contributed by atoms with Crippen molar-refractivity contribution in [2.45, 2.75) is 25.8 Å². The second kappa shape index (κ2) is 6.60. The van der Waals surface area contributed by atoms with Crippen molar-refractivity contribution in [3.8, 4) is 0 Å². The first-order valence-corrected chi connectivity index (χ1v) is 9.19. The number of amides is 1. The first-order valence-electron chi connectivity index (χ1n) is 8.82. The Labute approximate surface area is 153 Å². The number of anilines is 3. The maximum absolute atomic E-state index is 12.0. The second-order valence-electron chi connectivity index (χ2n) is 6.87. The molecule has 0 unspecified atom stereocenters.